The van der Waals surface area contributed by atoms with Crippen LogP contribution in [0.25, 0.3) is 5.65 Å². The summed E-state index contributed by atoms with van der Waals surface area (Å²) in [5, 5.41) is 7.54. The maximum Gasteiger partial charge on any atom is 0.417 e. The Balaban J connectivity index is 2.01. The fraction of sp³-hybridized carbons (Fsp3) is 0.133. The third-order valence-electron chi connectivity index (χ3n) is 3.19. The second-order valence-electron chi connectivity index (χ2n) is 4.81. The van der Waals surface area contributed by atoms with E-state index in [9.17, 15) is 13.2 Å². The summed E-state index contributed by atoms with van der Waals surface area (Å²) in [7, 11) is 0. The Bertz CT molecular complexity index is 899. The average Bonchev–Trinajstić information content (AvgIpc) is 2.81. The fourth-order valence-corrected chi connectivity index (χ4v) is 2.34. The molecular formula is C15H10ClF3N4. The van der Waals surface area contributed by atoms with Crippen molar-refractivity contribution in [1.29, 1.82) is 0 Å². The van der Waals surface area contributed by atoms with Crippen LogP contribution in [0.15, 0.2) is 52.8 Å². The summed E-state index contributed by atoms with van der Waals surface area (Å²) in [5.74, 6) is 0.462. The molecule has 0 bridgehead atoms. The number of hydrogen-bond donors (Lipinski definition) is 0. The molecule has 1 aromatic carbocycles. The van der Waals surface area contributed by atoms with E-state index in [-0.39, 0.29) is 10.7 Å². The number of hydrogen-bond acceptors (Lipinski definition) is 3. The number of benzene rings is 1. The lowest BCUT2D eigenvalue weighted by Gasteiger charge is -2.08. The highest BCUT2D eigenvalue weighted by molar-refractivity contribution is 6.31. The second-order valence-corrected chi connectivity index (χ2v) is 5.22. The van der Waals surface area contributed by atoms with Gasteiger partial charge in [0.15, 0.2) is 5.82 Å². The summed E-state index contributed by atoms with van der Waals surface area (Å²) >= 11 is 5.58. The van der Waals surface area contributed by atoms with Gasteiger partial charge in [-0.1, -0.05) is 17.7 Å². The molecule has 0 amide bonds. The number of alkyl halides is 3. The summed E-state index contributed by atoms with van der Waals surface area (Å²) in [6.45, 7) is 1.75. The van der Waals surface area contributed by atoms with Gasteiger partial charge in [-0.05, 0) is 37.3 Å². The zero-order chi connectivity index (χ0) is 16.6. The Morgan fingerprint density at radius 1 is 1.13 bits per heavy atom. The molecule has 0 fully saturated rings. The van der Waals surface area contributed by atoms with E-state index in [1.54, 1.807) is 29.7 Å². The highest BCUT2D eigenvalue weighted by atomic mass is 35.5. The van der Waals surface area contributed by atoms with Gasteiger partial charge >= 0.3 is 6.18 Å². The normalized spacial score (nSPS) is 12.4. The molecule has 4 nitrogen and oxygen atoms in total. The lowest BCUT2D eigenvalue weighted by molar-refractivity contribution is -0.137. The minimum atomic E-state index is -4.54. The van der Waals surface area contributed by atoms with Gasteiger partial charge in [0.05, 0.1) is 22.0 Å². The van der Waals surface area contributed by atoms with Crippen LogP contribution in [0.1, 0.15) is 11.3 Å². The van der Waals surface area contributed by atoms with Crippen LogP contribution in [0.2, 0.25) is 5.02 Å². The molecule has 3 aromatic rings. The molecule has 0 saturated heterocycles. The number of halogens is 4. The molecule has 2 heterocycles. The molecule has 23 heavy (non-hydrogen) atoms. The van der Waals surface area contributed by atoms with E-state index in [1.165, 1.54) is 6.07 Å². The zero-order valence-electron chi connectivity index (χ0n) is 11.8. The molecule has 0 aliphatic carbocycles. The van der Waals surface area contributed by atoms with E-state index in [0.717, 1.165) is 12.1 Å². The maximum atomic E-state index is 12.8. The van der Waals surface area contributed by atoms with E-state index in [0.29, 0.717) is 17.2 Å². The van der Waals surface area contributed by atoms with Crippen molar-refractivity contribution in [2.75, 3.05) is 0 Å². The smallest absolute Gasteiger partial charge is 0.283 e. The summed E-state index contributed by atoms with van der Waals surface area (Å²) in [4.78, 5) is 4.30. The van der Waals surface area contributed by atoms with Crippen LogP contribution in [0.3, 0.4) is 0 Å². The summed E-state index contributed by atoms with van der Waals surface area (Å²) in [6, 6.07) is 8.83. The molecule has 0 spiro atoms. The highest BCUT2D eigenvalue weighted by Crippen LogP contribution is 2.37. The molecule has 3 rings (SSSR count). The predicted molar refractivity (Wildman–Crippen MR) is 80.6 cm³/mol. The number of imidazole rings is 1. The molecule has 0 aliphatic heterocycles. The maximum absolute atomic E-state index is 12.8. The van der Waals surface area contributed by atoms with E-state index in [1.807, 2.05) is 6.07 Å². The fourth-order valence-electron chi connectivity index (χ4n) is 2.12. The molecule has 2 aromatic heterocycles. The van der Waals surface area contributed by atoms with Crippen LogP contribution in [0.4, 0.5) is 24.7 Å². The largest absolute Gasteiger partial charge is 0.417 e. The van der Waals surface area contributed by atoms with Crippen molar-refractivity contribution >= 4 is 28.8 Å². The molecule has 0 aliphatic rings. The van der Waals surface area contributed by atoms with Gasteiger partial charge in [0.25, 0.3) is 0 Å². The van der Waals surface area contributed by atoms with Gasteiger partial charge < -0.3 is 0 Å². The molecule has 0 N–H and O–H groups in total. The lowest BCUT2D eigenvalue weighted by Crippen LogP contribution is -2.05. The Kier molecular flexibility index (Phi) is 3.81. The highest BCUT2D eigenvalue weighted by Gasteiger charge is 2.33. The minimum Gasteiger partial charge on any atom is -0.283 e. The first kappa shape index (κ1) is 15.5. The number of aryl methyl sites for hydroxylation is 1. The van der Waals surface area contributed by atoms with E-state index in [2.05, 4.69) is 15.2 Å². The predicted octanol–water partition coefficient (Wildman–Crippen LogP) is 5.73. The van der Waals surface area contributed by atoms with E-state index < -0.39 is 11.7 Å². The summed E-state index contributed by atoms with van der Waals surface area (Å²) in [5.41, 5.74) is 0.438. The van der Waals surface area contributed by atoms with Gasteiger partial charge in [-0.2, -0.15) is 13.2 Å². The van der Waals surface area contributed by atoms with Crippen LogP contribution in [0, 0.1) is 6.92 Å². The third-order valence-corrected chi connectivity index (χ3v) is 3.52. The van der Waals surface area contributed by atoms with Crippen molar-refractivity contribution in [3.8, 4) is 0 Å². The second kappa shape index (κ2) is 5.66. The van der Waals surface area contributed by atoms with Crippen molar-refractivity contribution in [2.24, 2.45) is 10.2 Å². The van der Waals surface area contributed by atoms with Crippen LogP contribution in [0.5, 0.6) is 0 Å². The Morgan fingerprint density at radius 2 is 1.91 bits per heavy atom. The number of azo groups is 1. The number of pyridine rings is 1. The Labute approximate surface area is 134 Å². The Morgan fingerprint density at radius 3 is 2.65 bits per heavy atom. The van der Waals surface area contributed by atoms with Crippen molar-refractivity contribution in [3.63, 3.8) is 0 Å². The van der Waals surface area contributed by atoms with Crippen molar-refractivity contribution in [2.45, 2.75) is 13.1 Å². The molecular weight excluding hydrogens is 329 g/mol. The van der Waals surface area contributed by atoms with Gasteiger partial charge in [0.2, 0.25) is 0 Å². The molecule has 0 saturated carbocycles. The quantitative estimate of drug-likeness (QED) is 0.550. The number of fused-ring (bicyclic) bond motifs is 1. The number of aromatic nitrogens is 2. The lowest BCUT2D eigenvalue weighted by atomic mass is 10.2. The first-order chi connectivity index (χ1) is 10.9. The van der Waals surface area contributed by atoms with Crippen LogP contribution in [-0.2, 0) is 6.18 Å². The van der Waals surface area contributed by atoms with Crippen molar-refractivity contribution < 1.29 is 13.2 Å². The Hall–Kier alpha value is -2.41. The van der Waals surface area contributed by atoms with Crippen LogP contribution >= 0.6 is 11.6 Å². The van der Waals surface area contributed by atoms with Crippen molar-refractivity contribution in [1.82, 2.24) is 9.38 Å². The summed E-state index contributed by atoms with van der Waals surface area (Å²) in [6.07, 6.45) is -2.78. The van der Waals surface area contributed by atoms with Gasteiger partial charge in [0, 0.05) is 6.20 Å². The summed E-state index contributed by atoms with van der Waals surface area (Å²) < 4.78 is 40.2. The van der Waals surface area contributed by atoms with Gasteiger partial charge in [-0.3, -0.25) is 4.40 Å². The topological polar surface area (TPSA) is 42.0 Å². The first-order valence-corrected chi connectivity index (χ1v) is 6.96. The zero-order valence-corrected chi connectivity index (χ0v) is 12.6. The monoisotopic (exact) mass is 338 g/mol. The minimum absolute atomic E-state index is 0.0620. The number of rotatable bonds is 2. The number of nitrogens with zero attached hydrogens (tertiary/aromatic N) is 4. The molecule has 0 atom stereocenters. The van der Waals surface area contributed by atoms with Gasteiger partial charge in [0.1, 0.15) is 5.65 Å². The van der Waals surface area contributed by atoms with E-state index >= 15 is 0 Å². The first-order valence-electron chi connectivity index (χ1n) is 6.58. The van der Waals surface area contributed by atoms with Gasteiger partial charge in [-0.25, -0.2) is 4.98 Å². The van der Waals surface area contributed by atoms with Crippen molar-refractivity contribution in [3.05, 3.63) is 58.9 Å². The SMILES string of the molecule is Cc1nc2ccccn2c1N=Nc1ccc(Cl)c(C(F)(F)F)c1. The van der Waals surface area contributed by atoms with Crippen LogP contribution < -0.4 is 0 Å². The van der Waals surface area contributed by atoms with E-state index in [4.69, 9.17) is 11.6 Å². The molecule has 8 heteroatoms. The van der Waals surface area contributed by atoms with Gasteiger partial charge in [-0.15, -0.1) is 10.2 Å². The third kappa shape index (κ3) is 3.05. The molecule has 118 valence electrons. The average molecular weight is 339 g/mol. The molecule has 0 radical (unpaired) electrons. The standard InChI is InChI=1S/C15H10ClF3N4/c1-9-14(23-7-3-2-4-13(23)20-9)22-21-10-5-6-12(16)11(8-10)15(17,18)19/h2-8H,1H3. The van der Waals surface area contributed by atoms with Crippen LogP contribution in [-0.4, -0.2) is 9.38 Å². The molecule has 0 unspecified atom stereocenters.